The van der Waals surface area contributed by atoms with Crippen LogP contribution in [0, 0.1) is 5.41 Å². The summed E-state index contributed by atoms with van der Waals surface area (Å²) in [5.74, 6) is 1.27. The van der Waals surface area contributed by atoms with Crippen molar-refractivity contribution in [2.75, 3.05) is 27.3 Å². The first-order valence-corrected chi connectivity index (χ1v) is 8.89. The third-order valence-corrected chi connectivity index (χ3v) is 5.12. The summed E-state index contributed by atoms with van der Waals surface area (Å²) in [7, 11) is 2.98. The fourth-order valence-corrected chi connectivity index (χ4v) is 3.51. The maximum Gasteiger partial charge on any atom is 0.409 e. The van der Waals surface area contributed by atoms with Gasteiger partial charge in [-0.25, -0.2) is 4.79 Å². The molecule has 1 N–H and O–H groups in total. The number of benzene rings is 1. The van der Waals surface area contributed by atoms with E-state index in [0.717, 1.165) is 5.56 Å². The summed E-state index contributed by atoms with van der Waals surface area (Å²) in [5.41, 5.74) is 0.148. The van der Waals surface area contributed by atoms with Crippen LogP contribution in [-0.4, -0.2) is 55.1 Å². The number of aliphatic hydroxyl groups is 1. The second-order valence-corrected chi connectivity index (χ2v) is 8.21. The molecule has 1 fully saturated rings. The van der Waals surface area contributed by atoms with E-state index < -0.39 is 11.5 Å². The maximum atomic E-state index is 12.0. The molecule has 2 rings (SSSR count). The molecule has 0 saturated carbocycles. The van der Waals surface area contributed by atoms with Gasteiger partial charge in [-0.2, -0.15) is 0 Å². The summed E-state index contributed by atoms with van der Waals surface area (Å²) < 4.78 is 16.4. The van der Waals surface area contributed by atoms with Crippen LogP contribution in [0.2, 0.25) is 0 Å². The quantitative estimate of drug-likeness (QED) is 0.885. The highest BCUT2D eigenvalue weighted by atomic mass is 16.5. The van der Waals surface area contributed by atoms with Crippen LogP contribution in [0.5, 0.6) is 11.5 Å². The number of aliphatic hydroxyl groups excluding tert-OH is 1. The standard InChI is InChI=1S/C20H31NO5/c1-13(22)20(5)12-21(18(23)25-7)11-15(20)14-8-9-16(24-6)17(10-14)26-19(2,3)4/h8-10,13,15,22H,11-12H2,1-7H3/t13-,15?,20-/m0/s1. The number of hydrogen-bond acceptors (Lipinski definition) is 5. The van der Waals surface area contributed by atoms with Gasteiger partial charge in [-0.05, 0) is 45.4 Å². The van der Waals surface area contributed by atoms with Crippen molar-refractivity contribution in [2.24, 2.45) is 5.41 Å². The van der Waals surface area contributed by atoms with Crippen LogP contribution in [0.1, 0.15) is 46.1 Å². The molecule has 1 aromatic carbocycles. The van der Waals surface area contributed by atoms with Crippen molar-refractivity contribution >= 4 is 6.09 Å². The van der Waals surface area contributed by atoms with Gasteiger partial charge in [0, 0.05) is 24.4 Å². The second kappa shape index (κ2) is 7.35. The fraction of sp³-hybridized carbons (Fsp3) is 0.650. The zero-order chi connectivity index (χ0) is 19.7. The third-order valence-electron chi connectivity index (χ3n) is 5.12. The number of amides is 1. The minimum atomic E-state index is -0.587. The Balaban J connectivity index is 2.44. The van der Waals surface area contributed by atoms with E-state index in [9.17, 15) is 9.90 Å². The first kappa shape index (κ1) is 20.4. The molecule has 1 heterocycles. The van der Waals surface area contributed by atoms with Crippen molar-refractivity contribution in [2.45, 2.75) is 52.2 Å². The van der Waals surface area contributed by atoms with Crippen LogP contribution in [0.3, 0.4) is 0 Å². The monoisotopic (exact) mass is 365 g/mol. The molecule has 1 aliphatic heterocycles. The minimum absolute atomic E-state index is 0.0465. The lowest BCUT2D eigenvalue weighted by molar-refractivity contribution is 0.0469. The average Bonchev–Trinajstić information content (AvgIpc) is 2.92. The van der Waals surface area contributed by atoms with Gasteiger partial charge in [0.1, 0.15) is 5.60 Å². The highest BCUT2D eigenvalue weighted by molar-refractivity contribution is 5.68. The van der Waals surface area contributed by atoms with Crippen LogP contribution in [0.15, 0.2) is 18.2 Å². The number of methoxy groups -OCH3 is 2. The predicted octanol–water partition coefficient (Wildman–Crippen LogP) is 3.43. The van der Waals surface area contributed by atoms with Crippen molar-refractivity contribution in [3.8, 4) is 11.5 Å². The zero-order valence-corrected chi connectivity index (χ0v) is 16.8. The molecule has 1 saturated heterocycles. The molecule has 0 bridgehead atoms. The smallest absolute Gasteiger partial charge is 0.409 e. The van der Waals surface area contributed by atoms with Crippen molar-refractivity contribution in [1.82, 2.24) is 4.90 Å². The van der Waals surface area contributed by atoms with Crippen LogP contribution in [0.25, 0.3) is 0 Å². The number of ether oxygens (including phenoxy) is 3. The molecule has 6 nitrogen and oxygen atoms in total. The van der Waals surface area contributed by atoms with Crippen LogP contribution in [-0.2, 0) is 4.74 Å². The van der Waals surface area contributed by atoms with Crippen molar-refractivity contribution in [3.63, 3.8) is 0 Å². The molecular formula is C20H31NO5. The normalized spacial score (nSPS) is 24.3. The Morgan fingerprint density at radius 3 is 2.46 bits per heavy atom. The molecule has 1 unspecified atom stereocenters. The first-order valence-electron chi connectivity index (χ1n) is 8.89. The van der Waals surface area contributed by atoms with E-state index in [4.69, 9.17) is 14.2 Å². The Morgan fingerprint density at radius 2 is 1.96 bits per heavy atom. The molecule has 0 aliphatic carbocycles. The first-order chi connectivity index (χ1) is 12.0. The van der Waals surface area contributed by atoms with Gasteiger partial charge < -0.3 is 24.2 Å². The van der Waals surface area contributed by atoms with E-state index in [1.165, 1.54) is 7.11 Å². The number of hydrogen-bond donors (Lipinski definition) is 1. The summed E-state index contributed by atoms with van der Waals surface area (Å²) in [6, 6.07) is 5.80. The van der Waals surface area contributed by atoms with E-state index in [2.05, 4.69) is 0 Å². The maximum absolute atomic E-state index is 12.0. The highest BCUT2D eigenvalue weighted by Crippen LogP contribution is 2.47. The van der Waals surface area contributed by atoms with E-state index in [1.807, 2.05) is 45.9 Å². The van der Waals surface area contributed by atoms with Crippen LogP contribution < -0.4 is 9.47 Å². The van der Waals surface area contributed by atoms with Gasteiger partial charge in [-0.3, -0.25) is 0 Å². The molecule has 0 aromatic heterocycles. The Bertz CT molecular complexity index is 652. The van der Waals surface area contributed by atoms with Crippen molar-refractivity contribution in [3.05, 3.63) is 23.8 Å². The summed E-state index contributed by atoms with van der Waals surface area (Å²) in [4.78, 5) is 13.7. The summed E-state index contributed by atoms with van der Waals surface area (Å²) in [6.45, 7) is 10.6. The van der Waals surface area contributed by atoms with Gasteiger partial charge in [0.05, 0.1) is 20.3 Å². The molecule has 0 radical (unpaired) electrons. The van der Waals surface area contributed by atoms with Gasteiger partial charge in [-0.1, -0.05) is 13.0 Å². The Kier molecular flexibility index (Phi) is 5.76. The fourth-order valence-electron chi connectivity index (χ4n) is 3.51. The van der Waals surface area contributed by atoms with Gasteiger partial charge in [0.25, 0.3) is 0 Å². The lowest BCUT2D eigenvalue weighted by Crippen LogP contribution is -2.38. The lowest BCUT2D eigenvalue weighted by Gasteiger charge is -2.34. The Hall–Kier alpha value is -1.95. The van der Waals surface area contributed by atoms with E-state index in [1.54, 1.807) is 18.9 Å². The van der Waals surface area contributed by atoms with Gasteiger partial charge in [0.15, 0.2) is 11.5 Å². The summed E-state index contributed by atoms with van der Waals surface area (Å²) >= 11 is 0. The molecule has 6 heteroatoms. The Labute approximate surface area is 156 Å². The Morgan fingerprint density at radius 1 is 1.31 bits per heavy atom. The number of carbonyl (C=O) groups excluding carboxylic acids is 1. The molecule has 1 amide bonds. The molecule has 1 aliphatic rings. The number of rotatable bonds is 4. The number of likely N-dealkylation sites (tertiary alicyclic amines) is 1. The molecule has 0 spiro atoms. The lowest BCUT2D eigenvalue weighted by atomic mass is 9.72. The van der Waals surface area contributed by atoms with Crippen LogP contribution >= 0.6 is 0 Å². The van der Waals surface area contributed by atoms with Gasteiger partial charge in [-0.15, -0.1) is 0 Å². The van der Waals surface area contributed by atoms with E-state index in [0.29, 0.717) is 24.6 Å². The largest absolute Gasteiger partial charge is 0.493 e. The summed E-state index contributed by atoms with van der Waals surface area (Å²) in [5, 5.41) is 10.4. The second-order valence-electron chi connectivity index (χ2n) is 8.21. The number of carbonyl (C=O) groups is 1. The van der Waals surface area contributed by atoms with Crippen molar-refractivity contribution < 1.29 is 24.1 Å². The van der Waals surface area contributed by atoms with E-state index >= 15 is 0 Å². The zero-order valence-electron chi connectivity index (χ0n) is 16.8. The van der Waals surface area contributed by atoms with Crippen LogP contribution in [0.4, 0.5) is 4.79 Å². The summed E-state index contributed by atoms with van der Waals surface area (Å²) in [6.07, 6.45) is -0.963. The highest BCUT2D eigenvalue weighted by Gasteiger charge is 2.48. The molecule has 3 atom stereocenters. The topological polar surface area (TPSA) is 68.2 Å². The third kappa shape index (κ3) is 4.06. The van der Waals surface area contributed by atoms with Gasteiger partial charge >= 0.3 is 6.09 Å². The predicted molar refractivity (Wildman–Crippen MR) is 99.9 cm³/mol. The molecular weight excluding hydrogens is 334 g/mol. The van der Waals surface area contributed by atoms with Gasteiger partial charge in [0.2, 0.25) is 0 Å². The molecule has 1 aromatic rings. The average molecular weight is 365 g/mol. The molecule has 146 valence electrons. The SMILES string of the molecule is COC(=O)N1CC(c2ccc(OC)c(OC(C)(C)C)c2)[C@](C)([C@H](C)O)C1. The number of nitrogens with zero attached hydrogens (tertiary/aromatic N) is 1. The van der Waals surface area contributed by atoms with Crippen molar-refractivity contribution in [1.29, 1.82) is 0 Å². The van der Waals surface area contributed by atoms with E-state index in [-0.39, 0.29) is 17.6 Å². The molecule has 26 heavy (non-hydrogen) atoms. The minimum Gasteiger partial charge on any atom is -0.493 e.